The largest absolute Gasteiger partial charge is 0.354 e. The first-order valence-electron chi connectivity index (χ1n) is 6.83. The van der Waals surface area contributed by atoms with E-state index in [0.29, 0.717) is 0 Å². The van der Waals surface area contributed by atoms with Gasteiger partial charge in [-0.2, -0.15) is 0 Å². The highest BCUT2D eigenvalue weighted by atomic mass is 32.2. The molecule has 21 heavy (non-hydrogen) atoms. The maximum atomic E-state index is 12.3. The molecule has 1 heterocycles. The van der Waals surface area contributed by atoms with Gasteiger partial charge in [0.1, 0.15) is 4.90 Å². The van der Waals surface area contributed by atoms with E-state index in [2.05, 4.69) is 5.32 Å². The van der Waals surface area contributed by atoms with Crippen LogP contribution >= 0.6 is 0 Å². The van der Waals surface area contributed by atoms with Crippen molar-refractivity contribution in [3.05, 3.63) is 29.8 Å². The van der Waals surface area contributed by atoms with E-state index >= 15 is 0 Å². The molecule has 1 aromatic rings. The number of sulfonamides is 1. The Bertz CT molecular complexity index is 669. The zero-order valence-corrected chi connectivity index (χ0v) is 12.8. The molecule has 0 bridgehead atoms. The zero-order chi connectivity index (χ0) is 15.6. The smallest absolute Gasteiger partial charge is 0.269 e. The molecule has 0 saturated carbocycles. The highest BCUT2D eigenvalue weighted by Gasteiger charge is 2.40. The molecular formula is C14H18N2O4S. The second-order valence-corrected chi connectivity index (χ2v) is 6.84. The Morgan fingerprint density at radius 2 is 2.00 bits per heavy atom. The van der Waals surface area contributed by atoms with Crippen molar-refractivity contribution in [1.29, 1.82) is 0 Å². The van der Waals surface area contributed by atoms with Gasteiger partial charge in [-0.05, 0) is 25.5 Å². The molecule has 0 aliphatic carbocycles. The molecule has 1 aliphatic heterocycles. The van der Waals surface area contributed by atoms with E-state index in [4.69, 9.17) is 0 Å². The van der Waals surface area contributed by atoms with E-state index in [9.17, 15) is 18.0 Å². The second-order valence-electron chi connectivity index (χ2n) is 5.01. The minimum Gasteiger partial charge on any atom is -0.354 e. The maximum Gasteiger partial charge on any atom is 0.269 e. The lowest BCUT2D eigenvalue weighted by Crippen LogP contribution is -2.37. The Balaban J connectivity index is 2.09. The lowest BCUT2D eigenvalue weighted by molar-refractivity contribution is -0.121. The average molecular weight is 310 g/mol. The molecule has 1 aliphatic rings. The van der Waals surface area contributed by atoms with E-state index in [1.165, 1.54) is 12.1 Å². The number of carbonyl (C=O) groups excluding carboxylic acids is 2. The number of carbonyl (C=O) groups is 2. The Morgan fingerprint density at radius 3 is 2.62 bits per heavy atom. The van der Waals surface area contributed by atoms with Gasteiger partial charge in [0.05, 0.1) is 5.56 Å². The number of hydrogen-bond donors (Lipinski definition) is 1. The van der Waals surface area contributed by atoms with Crippen LogP contribution in [0.25, 0.3) is 0 Å². The van der Waals surface area contributed by atoms with Gasteiger partial charge in [-0.1, -0.05) is 19.1 Å². The van der Waals surface area contributed by atoms with Gasteiger partial charge in [-0.15, -0.1) is 0 Å². The molecule has 0 aromatic heterocycles. The molecule has 6 nitrogen and oxygen atoms in total. The molecule has 2 rings (SSSR count). The molecule has 2 amide bonds. The summed E-state index contributed by atoms with van der Waals surface area (Å²) in [6.07, 6.45) is 0.751. The van der Waals surface area contributed by atoms with Crippen molar-refractivity contribution in [3.8, 4) is 0 Å². The van der Waals surface area contributed by atoms with E-state index in [1.54, 1.807) is 12.1 Å². The summed E-state index contributed by atoms with van der Waals surface area (Å²) in [6, 6.07) is 6.10. The fourth-order valence-corrected chi connectivity index (χ4v) is 3.67. The van der Waals surface area contributed by atoms with Gasteiger partial charge in [0.15, 0.2) is 0 Å². The molecule has 0 unspecified atom stereocenters. The van der Waals surface area contributed by atoms with Crippen LogP contribution in [-0.2, 0) is 14.8 Å². The molecule has 1 aromatic carbocycles. The summed E-state index contributed by atoms with van der Waals surface area (Å²) < 4.78 is 25.3. The minimum absolute atomic E-state index is 0.0114. The molecule has 0 saturated heterocycles. The van der Waals surface area contributed by atoms with Crippen LogP contribution in [0.3, 0.4) is 0 Å². The second kappa shape index (κ2) is 5.85. The Morgan fingerprint density at radius 1 is 1.33 bits per heavy atom. The topological polar surface area (TPSA) is 83.6 Å². The number of benzene rings is 1. The monoisotopic (exact) mass is 310 g/mol. The van der Waals surface area contributed by atoms with Crippen LogP contribution < -0.4 is 5.32 Å². The highest BCUT2D eigenvalue weighted by Crippen LogP contribution is 2.29. The van der Waals surface area contributed by atoms with E-state index in [-0.39, 0.29) is 35.4 Å². The number of rotatable bonds is 5. The first-order chi connectivity index (χ1) is 9.87. The van der Waals surface area contributed by atoms with Crippen molar-refractivity contribution >= 4 is 21.8 Å². The Kier molecular flexibility index (Phi) is 4.32. The van der Waals surface area contributed by atoms with Crippen LogP contribution in [0.2, 0.25) is 0 Å². The van der Waals surface area contributed by atoms with Gasteiger partial charge >= 0.3 is 0 Å². The van der Waals surface area contributed by atoms with Crippen LogP contribution in [-0.4, -0.2) is 37.1 Å². The summed E-state index contributed by atoms with van der Waals surface area (Å²) in [7, 11) is -3.82. The molecule has 1 atom stereocenters. The quantitative estimate of drug-likeness (QED) is 0.884. The molecule has 0 radical (unpaired) electrons. The molecular weight excluding hydrogens is 292 g/mol. The van der Waals surface area contributed by atoms with Gasteiger partial charge < -0.3 is 5.32 Å². The minimum atomic E-state index is -3.82. The SMILES string of the molecule is CC[C@H](C)NC(=O)CCN1C(=O)c2ccccc2S1(=O)=O. The number of amides is 2. The van der Waals surface area contributed by atoms with E-state index in [1.807, 2.05) is 13.8 Å². The maximum absolute atomic E-state index is 12.3. The summed E-state index contributed by atoms with van der Waals surface area (Å²) >= 11 is 0. The number of fused-ring (bicyclic) bond motifs is 1. The van der Waals surface area contributed by atoms with Crippen LogP contribution in [0.1, 0.15) is 37.0 Å². The van der Waals surface area contributed by atoms with Gasteiger partial charge in [0, 0.05) is 19.0 Å². The third-order valence-corrected chi connectivity index (χ3v) is 5.31. The number of nitrogens with one attached hydrogen (secondary N) is 1. The molecule has 0 fully saturated rings. The summed E-state index contributed by atoms with van der Waals surface area (Å²) in [4.78, 5) is 23.8. The summed E-state index contributed by atoms with van der Waals surface area (Å²) in [5.74, 6) is -0.828. The van der Waals surface area contributed by atoms with Crippen LogP contribution in [0, 0.1) is 0 Å². The zero-order valence-electron chi connectivity index (χ0n) is 12.0. The van der Waals surface area contributed by atoms with Crippen molar-refractivity contribution < 1.29 is 18.0 Å². The lowest BCUT2D eigenvalue weighted by Gasteiger charge is -2.16. The van der Waals surface area contributed by atoms with Gasteiger partial charge in [0.25, 0.3) is 15.9 Å². The standard InChI is InChI=1S/C14H18N2O4S/c1-3-10(2)15-13(17)8-9-16-14(18)11-6-4-5-7-12(11)21(16,19)20/h4-7,10H,3,8-9H2,1-2H3,(H,15,17)/t10-/m0/s1. The van der Waals surface area contributed by atoms with E-state index in [0.717, 1.165) is 10.7 Å². The van der Waals surface area contributed by atoms with Crippen molar-refractivity contribution in [3.63, 3.8) is 0 Å². The third kappa shape index (κ3) is 2.92. The molecule has 7 heteroatoms. The summed E-state index contributed by atoms with van der Waals surface area (Å²) in [5.41, 5.74) is 0.167. The van der Waals surface area contributed by atoms with Crippen molar-refractivity contribution in [2.75, 3.05) is 6.54 Å². The fraction of sp³-hybridized carbons (Fsp3) is 0.429. The number of nitrogens with zero attached hydrogens (tertiary/aromatic N) is 1. The number of hydrogen-bond acceptors (Lipinski definition) is 4. The van der Waals surface area contributed by atoms with Crippen LogP contribution in [0.15, 0.2) is 29.2 Å². The van der Waals surface area contributed by atoms with Crippen LogP contribution in [0.4, 0.5) is 0 Å². The summed E-state index contributed by atoms with van der Waals surface area (Å²) in [6.45, 7) is 3.67. The molecule has 0 spiro atoms. The Labute approximate surface area is 124 Å². The predicted octanol–water partition coefficient (Wildman–Crippen LogP) is 1.14. The Hall–Kier alpha value is -1.89. The summed E-state index contributed by atoms with van der Waals surface area (Å²) in [5, 5.41) is 2.75. The van der Waals surface area contributed by atoms with Gasteiger partial charge in [-0.25, -0.2) is 12.7 Å². The lowest BCUT2D eigenvalue weighted by atomic mass is 10.2. The third-order valence-electron chi connectivity index (χ3n) is 3.47. The predicted molar refractivity (Wildman–Crippen MR) is 77.2 cm³/mol. The molecule has 1 N–H and O–H groups in total. The van der Waals surface area contributed by atoms with Gasteiger partial charge in [0.2, 0.25) is 5.91 Å². The van der Waals surface area contributed by atoms with Crippen molar-refractivity contribution in [1.82, 2.24) is 9.62 Å². The van der Waals surface area contributed by atoms with Crippen molar-refractivity contribution in [2.45, 2.75) is 37.6 Å². The average Bonchev–Trinajstić information content (AvgIpc) is 2.65. The normalized spacial score (nSPS) is 17.4. The fourth-order valence-electron chi connectivity index (χ4n) is 2.10. The van der Waals surface area contributed by atoms with Crippen LogP contribution in [0.5, 0.6) is 0 Å². The first kappa shape index (κ1) is 15.5. The molecule has 114 valence electrons. The highest BCUT2D eigenvalue weighted by molar-refractivity contribution is 7.90. The van der Waals surface area contributed by atoms with Gasteiger partial charge in [-0.3, -0.25) is 9.59 Å². The first-order valence-corrected chi connectivity index (χ1v) is 8.27. The van der Waals surface area contributed by atoms with Crippen molar-refractivity contribution in [2.24, 2.45) is 0 Å². The van der Waals surface area contributed by atoms with E-state index < -0.39 is 15.9 Å².